The van der Waals surface area contributed by atoms with Crippen LogP contribution in [-0.4, -0.2) is 48.1 Å². The first-order valence-corrected chi connectivity index (χ1v) is 15.6. The fourth-order valence-corrected chi connectivity index (χ4v) is 6.66. The zero-order chi connectivity index (χ0) is 28.3. The zero-order valence-corrected chi connectivity index (χ0v) is 25.2. The Morgan fingerprint density at radius 2 is 1.23 bits per heavy atom. The lowest BCUT2D eigenvalue weighted by Crippen LogP contribution is -2.38. The van der Waals surface area contributed by atoms with Crippen molar-refractivity contribution in [2.45, 2.75) is 32.1 Å². The van der Waals surface area contributed by atoms with E-state index in [1.54, 1.807) is 11.3 Å². The number of amides is 1. The van der Waals surface area contributed by atoms with Crippen LogP contribution in [0.5, 0.6) is 0 Å². The molecule has 1 aliphatic rings. The van der Waals surface area contributed by atoms with Crippen molar-refractivity contribution in [1.82, 2.24) is 10.2 Å². The molecular weight excluding hydrogens is 583 g/mol. The number of halogens is 2. The average Bonchev–Trinajstić information content (AvgIpc) is 3.60. The third-order valence-electron chi connectivity index (χ3n) is 6.44. The summed E-state index contributed by atoms with van der Waals surface area (Å²) in [4.78, 5) is 29.3. The highest BCUT2D eigenvalue weighted by atomic mass is 35.5. The van der Waals surface area contributed by atoms with E-state index in [1.165, 1.54) is 48.6 Å². The Balaban J connectivity index is 0.000000201. The molecule has 0 unspecified atom stereocenters. The maximum absolute atomic E-state index is 12.1. The molecule has 1 saturated heterocycles. The first kappa shape index (κ1) is 30.3. The predicted octanol–water partition coefficient (Wildman–Crippen LogP) is 7.91. The van der Waals surface area contributed by atoms with Gasteiger partial charge in [-0.15, -0.1) is 22.7 Å². The van der Waals surface area contributed by atoms with Gasteiger partial charge in [0.2, 0.25) is 5.91 Å². The molecule has 0 bridgehead atoms. The van der Waals surface area contributed by atoms with E-state index in [9.17, 15) is 9.59 Å². The van der Waals surface area contributed by atoms with Crippen molar-refractivity contribution in [2.24, 2.45) is 0 Å². The van der Waals surface area contributed by atoms with Crippen LogP contribution >= 0.6 is 45.9 Å². The van der Waals surface area contributed by atoms with E-state index in [1.807, 2.05) is 66.7 Å². The summed E-state index contributed by atoms with van der Waals surface area (Å²) in [6, 6.07) is 23.2. The van der Waals surface area contributed by atoms with Gasteiger partial charge in [-0.25, -0.2) is 0 Å². The smallest absolute Gasteiger partial charge is 0.308 e. The molecule has 9 heteroatoms. The Morgan fingerprint density at radius 3 is 1.73 bits per heavy atom. The van der Waals surface area contributed by atoms with Gasteiger partial charge in [0.1, 0.15) is 0 Å². The number of aliphatic carboxylic acids is 1. The summed E-state index contributed by atoms with van der Waals surface area (Å²) in [7, 11) is 0. The average molecular weight is 616 g/mol. The molecule has 210 valence electrons. The molecule has 2 aromatic heterocycles. The first-order chi connectivity index (χ1) is 19.4. The lowest BCUT2D eigenvalue weighted by atomic mass is 10.1. The minimum Gasteiger partial charge on any atom is -0.481 e. The van der Waals surface area contributed by atoms with E-state index in [4.69, 9.17) is 28.3 Å². The summed E-state index contributed by atoms with van der Waals surface area (Å²) < 4.78 is 0. The number of nitrogens with zero attached hydrogens (tertiary/aromatic N) is 1. The van der Waals surface area contributed by atoms with E-state index in [0.717, 1.165) is 43.9 Å². The molecule has 1 fully saturated rings. The molecule has 4 aromatic rings. The normalized spacial score (nSPS) is 13.3. The molecule has 2 aromatic carbocycles. The summed E-state index contributed by atoms with van der Waals surface area (Å²) in [5, 5.41) is 13.2. The molecule has 0 spiro atoms. The van der Waals surface area contributed by atoms with Crippen LogP contribution in [0, 0.1) is 0 Å². The maximum atomic E-state index is 12.1. The van der Waals surface area contributed by atoms with Gasteiger partial charge in [0.25, 0.3) is 0 Å². The second-order valence-corrected chi connectivity index (χ2v) is 12.8. The van der Waals surface area contributed by atoms with Crippen molar-refractivity contribution < 1.29 is 14.7 Å². The molecule has 1 amide bonds. The summed E-state index contributed by atoms with van der Waals surface area (Å²) >= 11 is 14.9. The quantitative estimate of drug-likeness (QED) is 0.201. The van der Waals surface area contributed by atoms with Gasteiger partial charge in [0.05, 0.1) is 12.8 Å². The second-order valence-electron chi connectivity index (χ2n) is 9.55. The van der Waals surface area contributed by atoms with Crippen LogP contribution in [0.1, 0.15) is 29.0 Å². The standard InChI is InChI=1S/C19H23ClN2OS.C12H9ClO2S/c20-16-6-4-15(5-7-16)18-9-8-17(24-18)14-19(23)21-10-13-22-11-2-1-3-12-22;13-9-3-1-8(2-4-9)11-6-5-10(16-11)7-12(14)15/h4-9H,1-3,10-14H2,(H,21,23);1-6H,7H2,(H,14,15). The summed E-state index contributed by atoms with van der Waals surface area (Å²) in [5.74, 6) is -0.693. The number of carboxylic acids is 1. The minimum atomic E-state index is -0.801. The van der Waals surface area contributed by atoms with Gasteiger partial charge in [0, 0.05) is 42.6 Å². The molecule has 0 saturated carbocycles. The molecule has 3 heterocycles. The molecule has 0 atom stereocenters. The summed E-state index contributed by atoms with van der Waals surface area (Å²) in [5.41, 5.74) is 2.20. The van der Waals surface area contributed by atoms with E-state index in [-0.39, 0.29) is 12.3 Å². The van der Waals surface area contributed by atoms with Crippen molar-refractivity contribution in [2.75, 3.05) is 26.2 Å². The fraction of sp³-hybridized carbons (Fsp3) is 0.290. The number of likely N-dealkylation sites (tertiary alicyclic amines) is 1. The monoisotopic (exact) mass is 614 g/mol. The van der Waals surface area contributed by atoms with Crippen LogP contribution in [0.15, 0.2) is 72.8 Å². The molecular formula is C31H32Cl2N2O3S2. The first-order valence-electron chi connectivity index (χ1n) is 13.3. The number of carbonyl (C=O) groups excluding carboxylic acids is 1. The van der Waals surface area contributed by atoms with Crippen molar-refractivity contribution >= 4 is 57.8 Å². The minimum absolute atomic E-state index is 0.0816. The van der Waals surface area contributed by atoms with E-state index >= 15 is 0 Å². The largest absolute Gasteiger partial charge is 0.481 e. The van der Waals surface area contributed by atoms with E-state index < -0.39 is 5.97 Å². The number of carboxylic acid groups (broad SMARTS) is 1. The van der Waals surface area contributed by atoms with Gasteiger partial charge in [-0.2, -0.15) is 0 Å². The number of benzene rings is 2. The fourth-order valence-electron chi connectivity index (χ4n) is 4.39. The van der Waals surface area contributed by atoms with Gasteiger partial charge in [-0.05, 0) is 85.6 Å². The zero-order valence-electron chi connectivity index (χ0n) is 22.1. The molecule has 5 rings (SSSR count). The molecule has 40 heavy (non-hydrogen) atoms. The van der Waals surface area contributed by atoms with Crippen molar-refractivity contribution in [3.63, 3.8) is 0 Å². The Labute approximate surface area is 253 Å². The topological polar surface area (TPSA) is 69.6 Å². The summed E-state index contributed by atoms with van der Waals surface area (Å²) in [6.45, 7) is 4.05. The molecule has 0 aliphatic carbocycles. The van der Waals surface area contributed by atoms with Crippen molar-refractivity contribution in [3.05, 3.63) is 92.6 Å². The Morgan fingerprint density at radius 1 is 0.725 bits per heavy atom. The van der Waals surface area contributed by atoms with Crippen molar-refractivity contribution in [3.8, 4) is 20.9 Å². The predicted molar refractivity (Wildman–Crippen MR) is 168 cm³/mol. The molecule has 2 N–H and O–H groups in total. The molecule has 1 aliphatic heterocycles. The SMILES string of the molecule is O=C(Cc1ccc(-c2ccc(Cl)cc2)s1)NCCN1CCCCC1.O=C(O)Cc1ccc(-c2ccc(Cl)cc2)s1. The highest BCUT2D eigenvalue weighted by Crippen LogP contribution is 2.30. The van der Waals surface area contributed by atoms with Gasteiger partial charge < -0.3 is 15.3 Å². The lowest BCUT2D eigenvalue weighted by Gasteiger charge is -2.26. The van der Waals surface area contributed by atoms with Crippen LogP contribution in [0.25, 0.3) is 20.9 Å². The van der Waals surface area contributed by atoms with Crippen LogP contribution in [-0.2, 0) is 22.4 Å². The highest BCUT2D eigenvalue weighted by Gasteiger charge is 2.11. The maximum Gasteiger partial charge on any atom is 0.308 e. The summed E-state index contributed by atoms with van der Waals surface area (Å²) in [6.07, 6.45) is 4.46. The van der Waals surface area contributed by atoms with Crippen LogP contribution in [0.4, 0.5) is 0 Å². The number of hydrogen-bond donors (Lipinski definition) is 2. The Kier molecular flexibility index (Phi) is 11.6. The van der Waals surface area contributed by atoms with Gasteiger partial charge >= 0.3 is 5.97 Å². The number of carbonyl (C=O) groups is 2. The number of hydrogen-bond acceptors (Lipinski definition) is 5. The number of piperidine rings is 1. The second kappa shape index (κ2) is 15.4. The lowest BCUT2D eigenvalue weighted by molar-refractivity contribution is -0.136. The van der Waals surface area contributed by atoms with Gasteiger partial charge in [-0.3, -0.25) is 9.59 Å². The van der Waals surface area contributed by atoms with Crippen LogP contribution < -0.4 is 5.32 Å². The van der Waals surface area contributed by atoms with E-state index in [2.05, 4.69) is 16.3 Å². The number of thiophene rings is 2. The van der Waals surface area contributed by atoms with Crippen LogP contribution in [0.2, 0.25) is 10.0 Å². The van der Waals surface area contributed by atoms with Crippen LogP contribution in [0.3, 0.4) is 0 Å². The highest BCUT2D eigenvalue weighted by molar-refractivity contribution is 7.15. The Bertz CT molecular complexity index is 1380. The molecule has 5 nitrogen and oxygen atoms in total. The van der Waals surface area contributed by atoms with Gasteiger partial charge in [-0.1, -0.05) is 53.9 Å². The third kappa shape index (κ3) is 9.75. The number of nitrogens with one attached hydrogen (secondary N) is 1. The Hall–Kier alpha value is -2.68. The molecule has 0 radical (unpaired) electrons. The number of rotatable bonds is 9. The third-order valence-corrected chi connectivity index (χ3v) is 9.21. The van der Waals surface area contributed by atoms with Gasteiger partial charge in [0.15, 0.2) is 0 Å². The van der Waals surface area contributed by atoms with E-state index in [0.29, 0.717) is 11.4 Å². The van der Waals surface area contributed by atoms with Crippen molar-refractivity contribution in [1.29, 1.82) is 0 Å².